The number of hydrazone groups is 1. The summed E-state index contributed by atoms with van der Waals surface area (Å²) in [6, 6.07) is 12.9. The molecular weight excluding hydrogens is 408 g/mol. The normalized spacial score (nSPS) is 18.2. The lowest BCUT2D eigenvalue weighted by molar-refractivity contribution is -0.157. The number of hydrogen-bond donors (Lipinski definition) is 1. The van der Waals surface area contributed by atoms with Crippen LogP contribution in [0.4, 0.5) is 0 Å². The molecule has 2 aromatic carbocycles. The summed E-state index contributed by atoms with van der Waals surface area (Å²) in [7, 11) is 1.57. The molecule has 0 saturated carbocycles. The lowest BCUT2D eigenvalue weighted by Gasteiger charge is -2.40. The highest BCUT2D eigenvalue weighted by molar-refractivity contribution is 5.97. The Labute approximate surface area is 185 Å². The van der Waals surface area contributed by atoms with Crippen LogP contribution in [-0.2, 0) is 22.6 Å². The second-order valence-electron chi connectivity index (χ2n) is 7.85. The predicted octanol–water partition coefficient (Wildman–Crippen LogP) is 2.70. The Kier molecular flexibility index (Phi) is 5.05. The Morgan fingerprint density at radius 1 is 1.16 bits per heavy atom. The summed E-state index contributed by atoms with van der Waals surface area (Å²) >= 11 is 0. The maximum Gasteiger partial charge on any atom is 0.266 e. The molecule has 1 saturated heterocycles. The van der Waals surface area contributed by atoms with Crippen LogP contribution in [0.3, 0.4) is 0 Å². The van der Waals surface area contributed by atoms with E-state index in [0.717, 1.165) is 27.7 Å². The molecule has 1 atom stereocenters. The van der Waals surface area contributed by atoms with E-state index in [-0.39, 0.29) is 18.4 Å². The van der Waals surface area contributed by atoms with E-state index in [2.05, 4.69) is 10.1 Å². The number of para-hydroxylation sites is 1. The van der Waals surface area contributed by atoms with Gasteiger partial charge in [0.15, 0.2) is 11.5 Å². The van der Waals surface area contributed by atoms with Gasteiger partial charge in [-0.05, 0) is 42.3 Å². The van der Waals surface area contributed by atoms with Crippen LogP contribution < -0.4 is 9.47 Å². The third kappa shape index (κ3) is 3.37. The maximum atomic E-state index is 13.2. The Morgan fingerprint density at radius 2 is 2.00 bits per heavy atom. The predicted molar refractivity (Wildman–Crippen MR) is 120 cm³/mol. The second kappa shape index (κ2) is 8.03. The van der Waals surface area contributed by atoms with E-state index in [9.17, 15) is 9.59 Å². The number of benzene rings is 2. The standard InChI is InChI=1S/C24H24N4O4/c1-3-32-21-9-8-15(10-22(21)31-2)12-25-28-14-23(29)27-13-19-17(11-20(27)24(28)30)16-6-4-5-7-18(16)26-19/h4-10,12,20,26H,3,11,13-14H2,1-2H3/b25-12-/t20-/m1/s1. The van der Waals surface area contributed by atoms with Gasteiger partial charge in [0.05, 0.1) is 26.5 Å². The van der Waals surface area contributed by atoms with Gasteiger partial charge in [0.1, 0.15) is 12.6 Å². The third-order valence-electron chi connectivity index (χ3n) is 5.98. The third-order valence-corrected chi connectivity index (χ3v) is 5.98. The molecule has 1 N–H and O–H groups in total. The van der Waals surface area contributed by atoms with Crippen molar-refractivity contribution in [3.05, 3.63) is 59.3 Å². The number of piperazine rings is 1. The molecule has 0 spiro atoms. The van der Waals surface area contributed by atoms with Crippen LogP contribution in [-0.4, -0.2) is 59.2 Å². The number of hydrogen-bond acceptors (Lipinski definition) is 5. The van der Waals surface area contributed by atoms with Crippen molar-refractivity contribution in [1.82, 2.24) is 14.9 Å². The molecule has 0 unspecified atom stereocenters. The molecule has 0 radical (unpaired) electrons. The minimum absolute atomic E-state index is 0.0738. The van der Waals surface area contributed by atoms with Crippen LogP contribution in [0.2, 0.25) is 0 Å². The lowest BCUT2D eigenvalue weighted by Crippen LogP contribution is -2.60. The van der Waals surface area contributed by atoms with Crippen LogP contribution >= 0.6 is 0 Å². The molecule has 0 aliphatic carbocycles. The van der Waals surface area contributed by atoms with Gasteiger partial charge >= 0.3 is 0 Å². The van der Waals surface area contributed by atoms with E-state index in [1.54, 1.807) is 30.4 Å². The van der Waals surface area contributed by atoms with E-state index in [1.807, 2.05) is 37.3 Å². The molecule has 164 valence electrons. The van der Waals surface area contributed by atoms with Crippen LogP contribution in [0.25, 0.3) is 10.9 Å². The lowest BCUT2D eigenvalue weighted by atomic mass is 9.94. The number of aromatic amines is 1. The van der Waals surface area contributed by atoms with Gasteiger partial charge in [-0.3, -0.25) is 9.59 Å². The summed E-state index contributed by atoms with van der Waals surface area (Å²) in [6.45, 7) is 2.77. The fraction of sp³-hybridized carbons (Fsp3) is 0.292. The number of ether oxygens (including phenoxy) is 2. The van der Waals surface area contributed by atoms with Crippen molar-refractivity contribution in [2.45, 2.75) is 25.9 Å². The van der Waals surface area contributed by atoms with Crippen molar-refractivity contribution in [2.24, 2.45) is 5.10 Å². The van der Waals surface area contributed by atoms with Gasteiger partial charge in [-0.15, -0.1) is 0 Å². The van der Waals surface area contributed by atoms with Crippen molar-refractivity contribution in [3.63, 3.8) is 0 Å². The molecule has 2 aliphatic rings. The van der Waals surface area contributed by atoms with Gasteiger partial charge < -0.3 is 19.4 Å². The summed E-state index contributed by atoms with van der Waals surface area (Å²) in [5.41, 5.74) is 3.87. The first-order valence-electron chi connectivity index (χ1n) is 10.6. The quantitative estimate of drug-likeness (QED) is 0.628. The number of rotatable bonds is 5. The number of aromatic nitrogens is 1. The van der Waals surface area contributed by atoms with Gasteiger partial charge in [0.2, 0.25) is 5.91 Å². The van der Waals surface area contributed by atoms with Crippen molar-refractivity contribution in [2.75, 3.05) is 20.3 Å². The first-order chi connectivity index (χ1) is 15.6. The average molecular weight is 432 g/mol. The molecule has 2 amide bonds. The Hall–Kier alpha value is -3.81. The smallest absolute Gasteiger partial charge is 0.266 e. The molecule has 3 heterocycles. The number of H-pyrrole nitrogens is 1. The molecule has 1 fully saturated rings. The van der Waals surface area contributed by atoms with Gasteiger partial charge in [-0.25, -0.2) is 5.01 Å². The van der Waals surface area contributed by atoms with Crippen LogP contribution in [0, 0.1) is 0 Å². The number of carbonyl (C=O) groups excluding carboxylic acids is 2. The number of nitrogens with zero attached hydrogens (tertiary/aromatic N) is 3. The summed E-state index contributed by atoms with van der Waals surface area (Å²) in [6.07, 6.45) is 2.05. The molecular formula is C24H24N4O4. The Balaban J connectivity index is 1.39. The van der Waals surface area contributed by atoms with Gasteiger partial charge in [-0.1, -0.05) is 18.2 Å². The molecule has 2 aliphatic heterocycles. The van der Waals surface area contributed by atoms with Crippen molar-refractivity contribution in [3.8, 4) is 11.5 Å². The summed E-state index contributed by atoms with van der Waals surface area (Å²) in [5, 5.41) is 6.71. The van der Waals surface area contributed by atoms with E-state index >= 15 is 0 Å². The van der Waals surface area contributed by atoms with Crippen molar-refractivity contribution >= 4 is 28.9 Å². The Morgan fingerprint density at radius 3 is 2.81 bits per heavy atom. The molecule has 3 aromatic rings. The number of amides is 2. The van der Waals surface area contributed by atoms with Crippen LogP contribution in [0.5, 0.6) is 11.5 Å². The van der Waals surface area contributed by atoms with E-state index < -0.39 is 6.04 Å². The fourth-order valence-corrected chi connectivity index (χ4v) is 4.43. The average Bonchev–Trinajstić information content (AvgIpc) is 3.18. The molecule has 0 bridgehead atoms. The molecule has 8 nitrogen and oxygen atoms in total. The van der Waals surface area contributed by atoms with Crippen molar-refractivity contribution < 1.29 is 19.1 Å². The summed E-state index contributed by atoms with van der Waals surface area (Å²) in [4.78, 5) is 31.1. The minimum Gasteiger partial charge on any atom is -0.493 e. The topological polar surface area (TPSA) is 87.2 Å². The zero-order valence-electron chi connectivity index (χ0n) is 18.0. The zero-order valence-corrected chi connectivity index (χ0v) is 18.0. The van der Waals surface area contributed by atoms with Gasteiger partial charge in [0.25, 0.3) is 5.91 Å². The molecule has 1 aromatic heterocycles. The highest BCUT2D eigenvalue weighted by Gasteiger charge is 2.43. The first kappa shape index (κ1) is 20.1. The van der Waals surface area contributed by atoms with E-state index in [1.165, 1.54) is 5.01 Å². The Bertz CT molecular complexity index is 1230. The number of nitrogens with one attached hydrogen (secondary N) is 1. The highest BCUT2D eigenvalue weighted by Crippen LogP contribution is 2.32. The minimum atomic E-state index is -0.546. The van der Waals surface area contributed by atoms with E-state index in [0.29, 0.717) is 31.1 Å². The zero-order chi connectivity index (χ0) is 22.2. The highest BCUT2D eigenvalue weighted by atomic mass is 16.5. The van der Waals surface area contributed by atoms with E-state index in [4.69, 9.17) is 9.47 Å². The first-order valence-corrected chi connectivity index (χ1v) is 10.6. The second-order valence-corrected chi connectivity index (χ2v) is 7.85. The number of methoxy groups -OCH3 is 1. The molecule has 5 rings (SSSR count). The molecule has 32 heavy (non-hydrogen) atoms. The van der Waals surface area contributed by atoms with Gasteiger partial charge in [0, 0.05) is 23.0 Å². The number of fused-ring (bicyclic) bond motifs is 4. The molecule has 8 heteroatoms. The van der Waals surface area contributed by atoms with Crippen molar-refractivity contribution in [1.29, 1.82) is 0 Å². The SMILES string of the molecule is CCOc1ccc(/C=N\N2CC(=O)N3Cc4[nH]c5ccccc5c4C[C@@H]3C2=O)cc1OC. The van der Waals surface area contributed by atoms with Gasteiger partial charge in [-0.2, -0.15) is 5.10 Å². The maximum absolute atomic E-state index is 13.2. The largest absolute Gasteiger partial charge is 0.493 e. The number of carbonyl (C=O) groups is 2. The van der Waals surface area contributed by atoms with Crippen LogP contribution in [0.15, 0.2) is 47.6 Å². The summed E-state index contributed by atoms with van der Waals surface area (Å²) in [5.74, 6) is 0.945. The monoisotopic (exact) mass is 432 g/mol. The fourth-order valence-electron chi connectivity index (χ4n) is 4.43. The van der Waals surface area contributed by atoms with Crippen LogP contribution in [0.1, 0.15) is 23.7 Å². The summed E-state index contributed by atoms with van der Waals surface area (Å²) < 4.78 is 10.9.